The van der Waals surface area contributed by atoms with Crippen LogP contribution < -0.4 is 10.1 Å². The maximum atomic E-state index is 13.5. The molecule has 3 atom stereocenters. The van der Waals surface area contributed by atoms with Gasteiger partial charge in [-0.3, -0.25) is 9.80 Å². The Balaban J connectivity index is 1.06. The lowest BCUT2D eigenvalue weighted by Gasteiger charge is -2.57. The number of fused-ring (bicyclic) bond motifs is 1. The van der Waals surface area contributed by atoms with Crippen LogP contribution in [-0.2, 0) is 0 Å². The van der Waals surface area contributed by atoms with Crippen molar-refractivity contribution in [2.45, 2.75) is 50.1 Å². The summed E-state index contributed by atoms with van der Waals surface area (Å²) in [5.41, 5.74) is 3.91. The number of urea groups is 1. The number of hydrogen-bond acceptors (Lipinski definition) is 5. The minimum absolute atomic E-state index is 0.0618. The number of aliphatic hydroxyl groups is 1. The van der Waals surface area contributed by atoms with Crippen molar-refractivity contribution in [3.05, 3.63) is 95.6 Å². The molecule has 0 saturated carbocycles. The van der Waals surface area contributed by atoms with Crippen molar-refractivity contribution in [1.82, 2.24) is 14.7 Å². The third-order valence-corrected chi connectivity index (χ3v) is 9.31. The number of hydrogen-bond donors (Lipinski definition) is 2. The number of benzene rings is 3. The lowest BCUT2D eigenvalue weighted by Crippen LogP contribution is -2.68. The lowest BCUT2D eigenvalue weighted by atomic mass is 9.74. The van der Waals surface area contributed by atoms with Gasteiger partial charge in [-0.15, -0.1) is 0 Å². The highest BCUT2D eigenvalue weighted by Crippen LogP contribution is 2.42. The third kappa shape index (κ3) is 7.44. The molecular formula is C37H44N4O3. The van der Waals surface area contributed by atoms with Crippen LogP contribution in [0, 0.1) is 11.8 Å². The number of piperidine rings is 1. The van der Waals surface area contributed by atoms with Gasteiger partial charge in [-0.05, 0) is 99.4 Å². The molecule has 0 unspecified atom stereocenters. The zero-order valence-corrected chi connectivity index (χ0v) is 25.5. The molecule has 0 bridgehead atoms. The SMILES string of the molecule is O=C(Nc1ccc(OCCN2CCCCC2)cc1)N1CCCCN2[C@H](CO)[C@H](c3ccc(C#Cc4ccccc4)cc3)[C@@H]2C1. The van der Waals surface area contributed by atoms with E-state index in [2.05, 4.69) is 51.2 Å². The first kappa shape index (κ1) is 30.2. The normalized spacial score (nSPS) is 22.4. The van der Waals surface area contributed by atoms with E-state index in [-0.39, 0.29) is 30.6 Å². The van der Waals surface area contributed by atoms with Gasteiger partial charge in [-0.2, -0.15) is 0 Å². The molecule has 230 valence electrons. The average molecular weight is 593 g/mol. The number of carbonyl (C=O) groups is 1. The third-order valence-electron chi connectivity index (χ3n) is 9.31. The zero-order valence-electron chi connectivity index (χ0n) is 25.5. The second-order valence-corrected chi connectivity index (χ2v) is 12.2. The fraction of sp³-hybridized carbons (Fsp3) is 0.432. The molecule has 0 spiro atoms. The van der Waals surface area contributed by atoms with Gasteiger partial charge in [0.25, 0.3) is 0 Å². The smallest absolute Gasteiger partial charge is 0.321 e. The van der Waals surface area contributed by atoms with E-state index in [1.54, 1.807) is 0 Å². The van der Waals surface area contributed by atoms with Gasteiger partial charge in [-0.1, -0.05) is 48.6 Å². The second-order valence-electron chi connectivity index (χ2n) is 12.2. The predicted molar refractivity (Wildman–Crippen MR) is 175 cm³/mol. The number of ether oxygens (including phenoxy) is 1. The van der Waals surface area contributed by atoms with Crippen molar-refractivity contribution in [3.8, 4) is 17.6 Å². The molecule has 3 fully saturated rings. The van der Waals surface area contributed by atoms with Crippen LogP contribution in [0.2, 0.25) is 0 Å². The first-order chi connectivity index (χ1) is 21.7. The summed E-state index contributed by atoms with van der Waals surface area (Å²) >= 11 is 0. The predicted octanol–water partition coefficient (Wildman–Crippen LogP) is 5.41. The zero-order chi connectivity index (χ0) is 30.1. The summed E-state index contributed by atoms with van der Waals surface area (Å²) in [7, 11) is 0. The van der Waals surface area contributed by atoms with Crippen LogP contribution in [0.4, 0.5) is 10.5 Å². The highest BCUT2D eigenvalue weighted by atomic mass is 16.5. The molecule has 0 aromatic heterocycles. The molecule has 3 aromatic carbocycles. The number of nitrogens with one attached hydrogen (secondary N) is 1. The topological polar surface area (TPSA) is 68.3 Å². The molecule has 6 rings (SSSR count). The van der Waals surface area contributed by atoms with Crippen LogP contribution in [0.25, 0.3) is 0 Å². The molecule has 0 aliphatic carbocycles. The molecule has 3 saturated heterocycles. The lowest BCUT2D eigenvalue weighted by molar-refractivity contribution is -0.0585. The molecule has 7 heteroatoms. The first-order valence-corrected chi connectivity index (χ1v) is 16.2. The minimum Gasteiger partial charge on any atom is -0.492 e. The number of carbonyl (C=O) groups excluding carboxylic acids is 1. The van der Waals surface area contributed by atoms with Gasteiger partial charge in [-0.25, -0.2) is 4.79 Å². The standard InChI is InChI=1S/C37H44N4O3/c42-28-35-36(31-15-13-30(14-16-31)12-11-29-9-3-1-4-10-29)34-27-40(23-7-8-24-41(34)35)37(43)38-32-17-19-33(20-18-32)44-26-25-39-21-5-2-6-22-39/h1,3-4,9-10,13-20,34-36,42H,2,5-8,21-28H2,(H,38,43)/t34-,35+,36+/m0/s1. The highest BCUT2D eigenvalue weighted by Gasteiger charge is 2.49. The quantitative estimate of drug-likeness (QED) is 0.360. The fourth-order valence-corrected chi connectivity index (χ4v) is 6.89. The molecule has 2 amide bonds. The van der Waals surface area contributed by atoms with Gasteiger partial charge in [0, 0.05) is 54.5 Å². The van der Waals surface area contributed by atoms with Crippen molar-refractivity contribution in [3.63, 3.8) is 0 Å². The van der Waals surface area contributed by atoms with Gasteiger partial charge in [0.2, 0.25) is 0 Å². The van der Waals surface area contributed by atoms with E-state index in [4.69, 9.17) is 4.74 Å². The van der Waals surface area contributed by atoms with Crippen molar-refractivity contribution >= 4 is 11.7 Å². The van der Waals surface area contributed by atoms with Crippen LogP contribution in [-0.4, -0.2) is 90.4 Å². The molecular weight excluding hydrogens is 548 g/mol. The molecule has 44 heavy (non-hydrogen) atoms. The van der Waals surface area contributed by atoms with E-state index in [1.807, 2.05) is 59.5 Å². The number of rotatable bonds is 7. The van der Waals surface area contributed by atoms with Crippen LogP contribution in [0.3, 0.4) is 0 Å². The second kappa shape index (κ2) is 14.8. The Labute approximate surface area is 261 Å². The monoisotopic (exact) mass is 592 g/mol. The van der Waals surface area contributed by atoms with E-state index >= 15 is 0 Å². The molecule has 3 aliphatic heterocycles. The Hall–Kier alpha value is -3.83. The van der Waals surface area contributed by atoms with Crippen molar-refractivity contribution in [2.75, 3.05) is 57.8 Å². The maximum absolute atomic E-state index is 13.5. The largest absolute Gasteiger partial charge is 0.492 e. The van der Waals surface area contributed by atoms with E-state index in [0.717, 1.165) is 55.0 Å². The molecule has 7 nitrogen and oxygen atoms in total. The Kier molecular flexibility index (Phi) is 10.1. The van der Waals surface area contributed by atoms with Crippen LogP contribution in [0.15, 0.2) is 78.9 Å². The Morgan fingerprint density at radius 1 is 0.818 bits per heavy atom. The van der Waals surface area contributed by atoms with E-state index in [1.165, 1.54) is 37.9 Å². The summed E-state index contributed by atoms with van der Waals surface area (Å²) in [6, 6.07) is 26.2. The van der Waals surface area contributed by atoms with Crippen LogP contribution in [0.5, 0.6) is 5.75 Å². The summed E-state index contributed by atoms with van der Waals surface area (Å²) in [4.78, 5) is 20.3. The van der Waals surface area contributed by atoms with E-state index in [0.29, 0.717) is 13.2 Å². The number of anilines is 1. The van der Waals surface area contributed by atoms with Gasteiger partial charge in [0.15, 0.2) is 0 Å². The molecule has 3 aromatic rings. The summed E-state index contributed by atoms with van der Waals surface area (Å²) in [6.45, 7) is 6.37. The Morgan fingerprint density at radius 3 is 2.23 bits per heavy atom. The summed E-state index contributed by atoms with van der Waals surface area (Å²) < 4.78 is 5.97. The minimum atomic E-state index is -0.0802. The number of amides is 2. The first-order valence-electron chi connectivity index (χ1n) is 16.2. The maximum Gasteiger partial charge on any atom is 0.321 e. The van der Waals surface area contributed by atoms with Crippen LogP contribution in [0.1, 0.15) is 54.7 Å². The molecule has 3 aliphatic rings. The fourth-order valence-electron chi connectivity index (χ4n) is 6.89. The van der Waals surface area contributed by atoms with Crippen molar-refractivity contribution in [1.29, 1.82) is 0 Å². The summed E-state index contributed by atoms with van der Waals surface area (Å²) in [5, 5.41) is 13.4. The summed E-state index contributed by atoms with van der Waals surface area (Å²) in [6.07, 6.45) is 5.85. The van der Waals surface area contributed by atoms with Crippen LogP contribution >= 0.6 is 0 Å². The van der Waals surface area contributed by atoms with Gasteiger partial charge in [0.05, 0.1) is 6.61 Å². The number of likely N-dealkylation sites (tertiary alicyclic amines) is 1. The van der Waals surface area contributed by atoms with Gasteiger partial charge in [0.1, 0.15) is 12.4 Å². The Morgan fingerprint density at radius 2 is 1.50 bits per heavy atom. The molecule has 3 heterocycles. The van der Waals surface area contributed by atoms with Gasteiger partial charge >= 0.3 is 6.03 Å². The van der Waals surface area contributed by atoms with Crippen molar-refractivity contribution < 1.29 is 14.6 Å². The van der Waals surface area contributed by atoms with E-state index in [9.17, 15) is 9.90 Å². The average Bonchev–Trinajstić information content (AvgIpc) is 3.05. The summed E-state index contributed by atoms with van der Waals surface area (Å²) in [5.74, 6) is 7.46. The number of nitrogens with zero attached hydrogens (tertiary/aromatic N) is 3. The Bertz CT molecular complexity index is 1410. The number of aliphatic hydroxyl groups excluding tert-OH is 1. The van der Waals surface area contributed by atoms with E-state index < -0.39 is 0 Å². The molecule has 2 N–H and O–H groups in total. The molecule has 0 radical (unpaired) electrons. The van der Waals surface area contributed by atoms with Crippen molar-refractivity contribution in [2.24, 2.45) is 0 Å². The highest BCUT2D eigenvalue weighted by molar-refractivity contribution is 5.89. The van der Waals surface area contributed by atoms with Gasteiger partial charge < -0.3 is 20.1 Å².